The number of hydrogen-bond donors (Lipinski definition) is 0. The van der Waals surface area contributed by atoms with E-state index in [1.54, 1.807) is 18.2 Å². The van der Waals surface area contributed by atoms with E-state index in [4.69, 9.17) is 0 Å². The SMILES string of the molecule is CC1(C)CC(=O)C=C(Cc2ccc(OC(F)(F)F)cc2)C1. The highest BCUT2D eigenvalue weighted by Crippen LogP contribution is 2.35. The molecule has 0 saturated carbocycles. The quantitative estimate of drug-likeness (QED) is 0.824. The third-order valence-electron chi connectivity index (χ3n) is 3.31. The molecule has 0 unspecified atom stereocenters. The van der Waals surface area contributed by atoms with Gasteiger partial charge in [-0.15, -0.1) is 13.2 Å². The summed E-state index contributed by atoms with van der Waals surface area (Å²) in [4.78, 5) is 11.7. The van der Waals surface area contributed by atoms with Crippen molar-refractivity contribution in [1.29, 1.82) is 0 Å². The van der Waals surface area contributed by atoms with Gasteiger partial charge in [0, 0.05) is 6.42 Å². The fraction of sp³-hybridized carbons (Fsp3) is 0.438. The van der Waals surface area contributed by atoms with Crippen LogP contribution in [-0.4, -0.2) is 12.1 Å². The molecule has 0 aliphatic heterocycles. The Morgan fingerprint density at radius 1 is 1.14 bits per heavy atom. The van der Waals surface area contributed by atoms with Gasteiger partial charge in [-0.3, -0.25) is 4.79 Å². The van der Waals surface area contributed by atoms with Crippen LogP contribution in [0.4, 0.5) is 13.2 Å². The number of hydrogen-bond acceptors (Lipinski definition) is 2. The number of halogens is 3. The van der Waals surface area contributed by atoms with Crippen LogP contribution in [0.2, 0.25) is 0 Å². The van der Waals surface area contributed by atoms with Gasteiger partial charge in [-0.05, 0) is 42.0 Å². The summed E-state index contributed by atoms with van der Waals surface area (Å²) in [5.41, 5.74) is 1.82. The summed E-state index contributed by atoms with van der Waals surface area (Å²) < 4.78 is 40.1. The number of carbonyl (C=O) groups is 1. The maximum Gasteiger partial charge on any atom is 0.573 e. The van der Waals surface area contributed by atoms with Crippen molar-refractivity contribution in [2.75, 3.05) is 0 Å². The molecule has 0 atom stereocenters. The van der Waals surface area contributed by atoms with Crippen LogP contribution in [0, 0.1) is 5.41 Å². The summed E-state index contributed by atoms with van der Waals surface area (Å²) in [6.45, 7) is 4.08. The molecule has 114 valence electrons. The smallest absolute Gasteiger partial charge is 0.406 e. The lowest BCUT2D eigenvalue weighted by Crippen LogP contribution is -2.22. The highest BCUT2D eigenvalue weighted by Gasteiger charge is 2.31. The summed E-state index contributed by atoms with van der Waals surface area (Å²) >= 11 is 0. The molecule has 0 bridgehead atoms. The topological polar surface area (TPSA) is 26.3 Å². The lowest BCUT2D eigenvalue weighted by molar-refractivity contribution is -0.274. The minimum absolute atomic E-state index is 0.0551. The standard InChI is InChI=1S/C16H17F3O2/c1-15(2)9-12(8-13(20)10-15)7-11-3-5-14(6-4-11)21-16(17,18)19/h3-6,8H,7,9-10H2,1-2H3. The Morgan fingerprint density at radius 2 is 1.76 bits per heavy atom. The second-order valence-corrected chi connectivity index (χ2v) is 6.16. The van der Waals surface area contributed by atoms with Crippen LogP contribution in [0.25, 0.3) is 0 Å². The molecule has 1 aliphatic carbocycles. The molecule has 0 amide bonds. The zero-order chi connectivity index (χ0) is 15.7. The van der Waals surface area contributed by atoms with Crippen LogP contribution in [0.3, 0.4) is 0 Å². The molecule has 0 N–H and O–H groups in total. The molecule has 0 aromatic heterocycles. The molecule has 5 heteroatoms. The maximum absolute atomic E-state index is 12.1. The molecule has 0 fully saturated rings. The summed E-state index contributed by atoms with van der Waals surface area (Å²) in [6.07, 6.45) is -1.09. The molecule has 0 heterocycles. The van der Waals surface area contributed by atoms with Crippen molar-refractivity contribution >= 4 is 5.78 Å². The predicted octanol–water partition coefficient (Wildman–Crippen LogP) is 4.44. The normalized spacial score (nSPS) is 18.3. The van der Waals surface area contributed by atoms with E-state index in [2.05, 4.69) is 4.74 Å². The number of alkyl halides is 3. The highest BCUT2D eigenvalue weighted by atomic mass is 19.4. The first-order valence-corrected chi connectivity index (χ1v) is 6.70. The number of rotatable bonds is 3. The van der Waals surface area contributed by atoms with Gasteiger partial charge in [0.25, 0.3) is 0 Å². The first-order valence-electron chi connectivity index (χ1n) is 6.70. The van der Waals surface area contributed by atoms with E-state index >= 15 is 0 Å². The maximum atomic E-state index is 12.1. The van der Waals surface area contributed by atoms with Gasteiger partial charge >= 0.3 is 6.36 Å². The summed E-state index contributed by atoms with van der Waals surface area (Å²) in [6, 6.07) is 5.76. The number of ether oxygens (including phenoxy) is 1. The molecule has 2 rings (SSSR count). The molecule has 1 aliphatic rings. The summed E-state index contributed by atoms with van der Waals surface area (Å²) in [5.74, 6) is -0.126. The van der Waals surface area contributed by atoms with E-state index < -0.39 is 6.36 Å². The third-order valence-corrected chi connectivity index (χ3v) is 3.31. The fourth-order valence-corrected chi connectivity index (χ4v) is 2.66. The van der Waals surface area contributed by atoms with Crippen molar-refractivity contribution in [2.24, 2.45) is 5.41 Å². The van der Waals surface area contributed by atoms with Crippen molar-refractivity contribution in [3.05, 3.63) is 41.5 Å². The van der Waals surface area contributed by atoms with Crippen LogP contribution >= 0.6 is 0 Å². The molecular formula is C16H17F3O2. The highest BCUT2D eigenvalue weighted by molar-refractivity contribution is 5.91. The second-order valence-electron chi connectivity index (χ2n) is 6.16. The van der Waals surface area contributed by atoms with Crippen LogP contribution in [0.5, 0.6) is 5.75 Å². The average Bonchev–Trinajstić information content (AvgIpc) is 2.27. The number of carbonyl (C=O) groups excluding carboxylic acids is 1. The Bertz CT molecular complexity index is 554. The van der Waals surface area contributed by atoms with Crippen molar-refractivity contribution < 1.29 is 22.7 Å². The molecule has 0 spiro atoms. The van der Waals surface area contributed by atoms with Crippen molar-refractivity contribution in [3.8, 4) is 5.75 Å². The third kappa shape index (κ3) is 4.92. The summed E-state index contributed by atoms with van der Waals surface area (Å²) in [7, 11) is 0. The molecule has 21 heavy (non-hydrogen) atoms. The van der Waals surface area contributed by atoms with E-state index in [9.17, 15) is 18.0 Å². The van der Waals surface area contributed by atoms with Gasteiger partial charge in [-0.1, -0.05) is 31.6 Å². The van der Waals surface area contributed by atoms with Crippen LogP contribution in [-0.2, 0) is 11.2 Å². The lowest BCUT2D eigenvalue weighted by Gasteiger charge is -2.28. The first kappa shape index (κ1) is 15.6. The number of benzene rings is 1. The van der Waals surface area contributed by atoms with Crippen molar-refractivity contribution in [1.82, 2.24) is 0 Å². The van der Waals surface area contributed by atoms with Gasteiger partial charge in [-0.25, -0.2) is 0 Å². The minimum atomic E-state index is -4.68. The largest absolute Gasteiger partial charge is 0.573 e. The van der Waals surface area contributed by atoms with Gasteiger partial charge in [0.2, 0.25) is 0 Å². The Labute approximate surface area is 121 Å². The van der Waals surface area contributed by atoms with Crippen LogP contribution in [0.15, 0.2) is 35.9 Å². The predicted molar refractivity (Wildman–Crippen MR) is 72.9 cm³/mol. The zero-order valence-electron chi connectivity index (χ0n) is 12.0. The Balaban J connectivity index is 2.05. The zero-order valence-corrected chi connectivity index (χ0v) is 12.0. The average molecular weight is 298 g/mol. The van der Waals surface area contributed by atoms with Crippen LogP contribution in [0.1, 0.15) is 32.3 Å². The van der Waals surface area contributed by atoms with Gasteiger partial charge in [0.1, 0.15) is 5.75 Å². The second kappa shape index (κ2) is 5.54. The molecule has 1 aromatic carbocycles. The molecular weight excluding hydrogens is 281 g/mol. The molecule has 1 aromatic rings. The number of allylic oxidation sites excluding steroid dienone is 2. The van der Waals surface area contributed by atoms with E-state index in [0.29, 0.717) is 12.8 Å². The molecule has 2 nitrogen and oxygen atoms in total. The monoisotopic (exact) mass is 298 g/mol. The number of ketones is 1. The van der Waals surface area contributed by atoms with Crippen molar-refractivity contribution in [3.63, 3.8) is 0 Å². The van der Waals surface area contributed by atoms with Crippen molar-refractivity contribution in [2.45, 2.75) is 39.5 Å². The van der Waals surface area contributed by atoms with E-state index in [-0.39, 0.29) is 16.9 Å². The van der Waals surface area contributed by atoms with E-state index in [1.165, 1.54) is 12.1 Å². The molecule has 0 radical (unpaired) electrons. The Morgan fingerprint density at radius 3 is 2.29 bits per heavy atom. The lowest BCUT2D eigenvalue weighted by atomic mass is 9.75. The Kier molecular flexibility index (Phi) is 4.12. The van der Waals surface area contributed by atoms with Gasteiger partial charge in [0.05, 0.1) is 0 Å². The minimum Gasteiger partial charge on any atom is -0.406 e. The fourth-order valence-electron chi connectivity index (χ4n) is 2.66. The summed E-state index contributed by atoms with van der Waals surface area (Å²) in [5, 5.41) is 0. The van der Waals surface area contributed by atoms with E-state index in [0.717, 1.165) is 17.6 Å². The van der Waals surface area contributed by atoms with Gasteiger partial charge in [0.15, 0.2) is 5.78 Å². The Hall–Kier alpha value is -1.78. The molecule has 0 saturated heterocycles. The van der Waals surface area contributed by atoms with Gasteiger partial charge in [-0.2, -0.15) is 0 Å². The van der Waals surface area contributed by atoms with Crippen LogP contribution < -0.4 is 4.74 Å². The first-order chi connectivity index (χ1) is 9.63. The van der Waals surface area contributed by atoms with Gasteiger partial charge < -0.3 is 4.74 Å². The van der Waals surface area contributed by atoms with E-state index in [1.807, 2.05) is 13.8 Å².